The maximum Gasteiger partial charge on any atom is 0.0789 e. The molecule has 192 valence electrons. The molecule has 0 unspecified atom stereocenters. The number of H-pyrrole nitrogens is 4. The van der Waals surface area contributed by atoms with Crippen LogP contribution < -0.4 is 0 Å². The summed E-state index contributed by atoms with van der Waals surface area (Å²) in [6.45, 7) is 0. The molecule has 0 radical (unpaired) electrons. The number of fused-ring (bicyclic) bond motifs is 14. The summed E-state index contributed by atoms with van der Waals surface area (Å²) < 4.78 is 0. The van der Waals surface area contributed by atoms with E-state index in [0.29, 0.717) is 0 Å². The second-order valence-electron chi connectivity index (χ2n) is 9.83. The largest absolute Gasteiger partial charge is 0.352 e. The molecule has 4 aromatic carbocycles. The molecule has 1 aliphatic rings. The molecule has 40 heavy (non-hydrogen) atoms. The van der Waals surface area contributed by atoms with Crippen LogP contribution in [-0.2, 0) is 0 Å². The van der Waals surface area contributed by atoms with E-state index in [1.807, 2.05) is 43.2 Å². The Balaban J connectivity index is 1.37. The van der Waals surface area contributed by atoms with Crippen molar-refractivity contribution in [3.8, 4) is 22.8 Å². The van der Waals surface area contributed by atoms with Crippen LogP contribution in [-0.4, -0.2) is 19.9 Å². The van der Waals surface area contributed by atoms with Crippen molar-refractivity contribution in [2.24, 2.45) is 0 Å². The van der Waals surface area contributed by atoms with Crippen molar-refractivity contribution in [2.45, 2.75) is 19.6 Å². The highest BCUT2D eigenvalue weighted by molar-refractivity contribution is 8.77. The summed E-state index contributed by atoms with van der Waals surface area (Å²) in [5.41, 5.74) is 9.14. The summed E-state index contributed by atoms with van der Waals surface area (Å²) in [4.78, 5) is 20.1. The number of aromatic amines is 4. The zero-order valence-corrected chi connectivity index (χ0v) is 24.1. The Kier molecular flexibility index (Phi) is 5.20. The molecule has 0 atom stereocenters. The van der Waals surface area contributed by atoms with Crippen molar-refractivity contribution in [3.05, 3.63) is 97.1 Å². The number of nitrogens with one attached hydrogen (secondary N) is 4. The molecular weight excluding hydrogens is 569 g/mol. The molecule has 4 nitrogen and oxygen atoms in total. The van der Waals surface area contributed by atoms with Gasteiger partial charge in [-0.1, -0.05) is 72.8 Å². The normalized spacial score (nSPS) is 13.6. The third-order valence-corrected chi connectivity index (χ3v) is 12.6. The Morgan fingerprint density at radius 3 is 0.775 bits per heavy atom. The van der Waals surface area contributed by atoms with E-state index in [2.05, 4.69) is 117 Å². The van der Waals surface area contributed by atoms with Crippen LogP contribution in [0.4, 0.5) is 0 Å². The van der Waals surface area contributed by atoms with Crippen molar-refractivity contribution >= 4 is 86.8 Å². The van der Waals surface area contributed by atoms with Crippen molar-refractivity contribution in [1.29, 1.82) is 0 Å². The van der Waals surface area contributed by atoms with Gasteiger partial charge in [0.05, 0.1) is 42.4 Å². The van der Waals surface area contributed by atoms with E-state index in [-0.39, 0.29) is 0 Å². The first-order valence-corrected chi connectivity index (χ1v) is 17.3. The molecule has 0 spiro atoms. The number of para-hydroxylation sites is 4. The minimum absolute atomic E-state index is 1.14. The highest BCUT2D eigenvalue weighted by Gasteiger charge is 2.26. The third kappa shape index (κ3) is 3.40. The van der Waals surface area contributed by atoms with Crippen LogP contribution in [0.3, 0.4) is 0 Å². The molecule has 0 amide bonds. The minimum atomic E-state index is 1.14. The average Bonchev–Trinajstić information content (AvgIpc) is 3.74. The molecule has 0 saturated heterocycles. The zero-order chi connectivity index (χ0) is 26.2. The quantitative estimate of drug-likeness (QED) is 0.133. The van der Waals surface area contributed by atoms with Crippen LogP contribution >= 0.6 is 43.2 Å². The summed E-state index contributed by atoms with van der Waals surface area (Å²) in [6.07, 6.45) is 0. The lowest BCUT2D eigenvalue weighted by Gasteiger charge is -2.11. The van der Waals surface area contributed by atoms with E-state index in [1.165, 1.54) is 41.1 Å². The molecule has 1 aliphatic heterocycles. The summed E-state index contributed by atoms with van der Waals surface area (Å²) >= 11 is 0. The van der Waals surface area contributed by atoms with Crippen LogP contribution in [0.15, 0.2) is 117 Å². The van der Waals surface area contributed by atoms with Crippen molar-refractivity contribution in [2.75, 3.05) is 0 Å². The Bertz CT molecular complexity index is 1930. The van der Waals surface area contributed by atoms with Gasteiger partial charge < -0.3 is 19.9 Å². The molecule has 0 aliphatic carbocycles. The van der Waals surface area contributed by atoms with Crippen molar-refractivity contribution in [1.82, 2.24) is 19.9 Å². The van der Waals surface area contributed by atoms with E-state index < -0.39 is 0 Å². The Labute approximate surface area is 244 Å². The fourth-order valence-electron chi connectivity index (χ4n) is 5.68. The van der Waals surface area contributed by atoms with Gasteiger partial charge in [0.25, 0.3) is 0 Å². The maximum atomic E-state index is 3.78. The molecule has 4 aromatic heterocycles. The first-order chi connectivity index (χ1) is 19.8. The van der Waals surface area contributed by atoms with Gasteiger partial charge in [-0.3, -0.25) is 0 Å². The van der Waals surface area contributed by atoms with Gasteiger partial charge >= 0.3 is 0 Å². The molecule has 4 N–H and O–H groups in total. The van der Waals surface area contributed by atoms with Crippen molar-refractivity contribution in [3.63, 3.8) is 0 Å². The van der Waals surface area contributed by atoms with Gasteiger partial charge in [-0.2, -0.15) is 0 Å². The van der Waals surface area contributed by atoms with Gasteiger partial charge in [0.1, 0.15) is 0 Å². The van der Waals surface area contributed by atoms with Gasteiger partial charge in [-0.05, 0) is 67.4 Å². The van der Waals surface area contributed by atoms with Crippen LogP contribution in [0, 0.1) is 0 Å². The molecule has 0 bridgehead atoms. The predicted octanol–water partition coefficient (Wildman–Crippen LogP) is 10.9. The second kappa shape index (κ2) is 8.97. The van der Waals surface area contributed by atoms with Crippen LogP contribution in [0.2, 0.25) is 0 Å². The van der Waals surface area contributed by atoms with E-state index >= 15 is 0 Å². The number of rotatable bonds is 0. The molecule has 0 saturated carbocycles. The van der Waals surface area contributed by atoms with Gasteiger partial charge in [-0.15, -0.1) is 0 Å². The van der Waals surface area contributed by atoms with Crippen LogP contribution in [0.1, 0.15) is 0 Å². The Hall–Kier alpha value is -3.56. The average molecular weight is 589 g/mol. The van der Waals surface area contributed by atoms with E-state index in [9.17, 15) is 0 Å². The monoisotopic (exact) mass is 588 g/mol. The first-order valence-electron chi connectivity index (χ1n) is 13.0. The highest BCUT2D eigenvalue weighted by Crippen LogP contribution is 2.56. The molecular formula is C32H20N4S4. The van der Waals surface area contributed by atoms with Crippen LogP contribution in [0.25, 0.3) is 66.4 Å². The Morgan fingerprint density at radius 2 is 0.525 bits per heavy atom. The fraction of sp³-hybridized carbons (Fsp3) is 0. The summed E-state index contributed by atoms with van der Waals surface area (Å²) in [5.74, 6) is 0. The summed E-state index contributed by atoms with van der Waals surface area (Å²) in [7, 11) is 7.32. The molecule has 9 rings (SSSR count). The van der Waals surface area contributed by atoms with E-state index in [0.717, 1.165) is 44.8 Å². The molecule has 5 heterocycles. The highest BCUT2D eigenvalue weighted by atomic mass is 33.1. The SMILES string of the molecule is c1ccc2c3c([nH]c2c1)-c1[nH]c2ccccc2c1SSc1c([nH]c2ccccc12)-c1[nH]c2ccccc2c1SS3. The maximum absolute atomic E-state index is 3.78. The summed E-state index contributed by atoms with van der Waals surface area (Å²) in [5, 5.41) is 4.95. The standard InChI is InChI=1S/C32H20N4S4/c1-5-13-21-17(9-1)29-25(33-21)26-30(18-10-2-6-14-22(18)34-26)39-40-32-20-12-4-8-16-24(20)36-28(32)27-31(38-37-29)19-11-3-7-15-23(19)35-27/h1-16,33-36H. The number of benzene rings is 4. The lowest BCUT2D eigenvalue weighted by Crippen LogP contribution is -1.85. The molecule has 8 aromatic rings. The minimum Gasteiger partial charge on any atom is -0.352 e. The second-order valence-corrected chi connectivity index (χ2v) is 14.1. The fourth-order valence-corrected chi connectivity index (χ4v) is 11.1. The summed E-state index contributed by atoms with van der Waals surface area (Å²) in [6, 6.07) is 34.5. The topological polar surface area (TPSA) is 63.2 Å². The lowest BCUT2D eigenvalue weighted by atomic mass is 10.2. The van der Waals surface area contributed by atoms with E-state index in [4.69, 9.17) is 0 Å². The van der Waals surface area contributed by atoms with Gasteiger partial charge in [0.15, 0.2) is 0 Å². The molecule has 8 heteroatoms. The zero-order valence-electron chi connectivity index (χ0n) is 20.9. The van der Waals surface area contributed by atoms with Gasteiger partial charge in [-0.25, -0.2) is 0 Å². The molecule has 0 fully saturated rings. The van der Waals surface area contributed by atoms with Crippen molar-refractivity contribution < 1.29 is 0 Å². The Morgan fingerprint density at radius 1 is 0.300 bits per heavy atom. The number of hydrogen-bond donors (Lipinski definition) is 4. The first kappa shape index (κ1) is 23.2. The van der Waals surface area contributed by atoms with Gasteiger partial charge in [0.2, 0.25) is 0 Å². The smallest absolute Gasteiger partial charge is 0.0789 e. The number of aromatic nitrogens is 4. The van der Waals surface area contributed by atoms with E-state index in [1.54, 1.807) is 0 Å². The third-order valence-electron chi connectivity index (χ3n) is 7.55. The lowest BCUT2D eigenvalue weighted by molar-refractivity contribution is 1.30. The van der Waals surface area contributed by atoms with Gasteiger partial charge in [0, 0.05) is 43.6 Å². The van der Waals surface area contributed by atoms with Crippen LogP contribution in [0.5, 0.6) is 0 Å². The number of hydrogen-bond acceptors (Lipinski definition) is 4. The predicted molar refractivity (Wildman–Crippen MR) is 175 cm³/mol.